The van der Waals surface area contributed by atoms with Gasteiger partial charge < -0.3 is 15.6 Å². The summed E-state index contributed by atoms with van der Waals surface area (Å²) >= 11 is 6.77. The summed E-state index contributed by atoms with van der Waals surface area (Å²) in [7, 11) is 1.52. The molecule has 0 aromatic heterocycles. The third-order valence-corrected chi connectivity index (χ3v) is 4.82. The molecule has 0 fully saturated rings. The van der Waals surface area contributed by atoms with Crippen molar-refractivity contribution in [3.63, 3.8) is 0 Å². The molecule has 6 heteroatoms. The van der Waals surface area contributed by atoms with Crippen molar-refractivity contribution < 1.29 is 9.84 Å². The molecule has 0 bridgehead atoms. The van der Waals surface area contributed by atoms with Crippen molar-refractivity contribution in [3.8, 4) is 11.5 Å². The number of rotatable bonds is 5. The molecule has 0 aliphatic carbocycles. The van der Waals surface area contributed by atoms with Gasteiger partial charge in [0.05, 0.1) is 11.6 Å². The van der Waals surface area contributed by atoms with Crippen molar-refractivity contribution in [2.24, 2.45) is 5.73 Å². The number of unbranched alkanes of at least 4 members (excludes halogenated alkanes) is 1. The lowest BCUT2D eigenvalue weighted by Gasteiger charge is -2.17. The van der Waals surface area contributed by atoms with Crippen LogP contribution in [-0.2, 0) is 0 Å². The van der Waals surface area contributed by atoms with Crippen molar-refractivity contribution in [1.82, 2.24) is 0 Å². The van der Waals surface area contributed by atoms with Gasteiger partial charge in [-0.3, -0.25) is 0 Å². The van der Waals surface area contributed by atoms with Crippen LogP contribution >= 0.6 is 44.3 Å². The number of phenolic OH excluding ortho intramolecular Hbond substituents is 1. The zero-order valence-electron chi connectivity index (χ0n) is 10.4. The van der Waals surface area contributed by atoms with Crippen LogP contribution in [0.1, 0.15) is 37.8 Å². The predicted molar refractivity (Wildman–Crippen MR) is 83.8 cm³/mol. The summed E-state index contributed by atoms with van der Waals surface area (Å²) in [4.78, 5) is 0. The van der Waals surface area contributed by atoms with Crippen LogP contribution < -0.4 is 10.5 Å². The molecular weight excluding hydrogens is 385 g/mol. The molecule has 0 saturated carbocycles. The van der Waals surface area contributed by atoms with E-state index in [2.05, 4.69) is 38.8 Å². The number of methoxy groups -OCH3 is 1. The SMILES string of the molecule is CCCC[C@H](N)c1cc(OC)c(O)c(Br)c1Br.Cl. The van der Waals surface area contributed by atoms with Gasteiger partial charge in [-0.05, 0) is 49.9 Å². The van der Waals surface area contributed by atoms with Crippen LogP contribution in [0.5, 0.6) is 11.5 Å². The predicted octanol–water partition coefficient (Wildman–Crippen LogP) is 4.54. The number of hydrogen-bond donors (Lipinski definition) is 2. The average molecular weight is 404 g/mol. The molecule has 104 valence electrons. The summed E-state index contributed by atoms with van der Waals surface area (Å²) in [5, 5.41) is 9.82. The molecule has 1 atom stereocenters. The summed E-state index contributed by atoms with van der Waals surface area (Å²) in [5.74, 6) is 0.521. The number of hydrogen-bond acceptors (Lipinski definition) is 3. The fourth-order valence-corrected chi connectivity index (χ4v) is 2.64. The molecule has 0 aliphatic rings. The molecule has 3 N–H and O–H groups in total. The first-order valence-electron chi connectivity index (χ1n) is 5.53. The van der Waals surface area contributed by atoms with E-state index in [1.807, 2.05) is 0 Å². The van der Waals surface area contributed by atoms with E-state index in [0.717, 1.165) is 29.3 Å². The molecule has 3 nitrogen and oxygen atoms in total. The second-order valence-corrected chi connectivity index (χ2v) is 5.48. The van der Waals surface area contributed by atoms with Crippen molar-refractivity contribution >= 4 is 44.3 Å². The molecule has 0 saturated heterocycles. The highest BCUT2D eigenvalue weighted by atomic mass is 79.9. The first kappa shape index (κ1) is 18.0. The Bertz CT molecular complexity index is 402. The van der Waals surface area contributed by atoms with Gasteiger partial charge in [0.2, 0.25) is 0 Å². The van der Waals surface area contributed by atoms with Crippen LogP contribution in [0.15, 0.2) is 15.0 Å². The Morgan fingerprint density at radius 1 is 1.39 bits per heavy atom. The van der Waals surface area contributed by atoms with Crippen molar-refractivity contribution in [2.45, 2.75) is 32.2 Å². The fraction of sp³-hybridized carbons (Fsp3) is 0.500. The van der Waals surface area contributed by atoms with Gasteiger partial charge in [-0.25, -0.2) is 0 Å². The molecule has 1 rings (SSSR count). The van der Waals surface area contributed by atoms with Crippen LogP contribution in [0.25, 0.3) is 0 Å². The highest BCUT2D eigenvalue weighted by Gasteiger charge is 2.18. The van der Waals surface area contributed by atoms with E-state index in [0.29, 0.717) is 10.2 Å². The highest BCUT2D eigenvalue weighted by molar-refractivity contribution is 9.13. The maximum Gasteiger partial charge on any atom is 0.173 e. The number of benzene rings is 1. The van der Waals surface area contributed by atoms with Crippen LogP contribution in [0, 0.1) is 0 Å². The Morgan fingerprint density at radius 2 is 2.00 bits per heavy atom. The van der Waals surface area contributed by atoms with E-state index in [4.69, 9.17) is 10.5 Å². The van der Waals surface area contributed by atoms with Crippen LogP contribution in [0.3, 0.4) is 0 Å². The van der Waals surface area contributed by atoms with Crippen molar-refractivity contribution in [1.29, 1.82) is 0 Å². The number of phenols is 1. The zero-order valence-corrected chi connectivity index (χ0v) is 14.4. The molecule has 18 heavy (non-hydrogen) atoms. The minimum absolute atomic E-state index is 0. The molecule has 1 aromatic carbocycles. The maximum absolute atomic E-state index is 9.82. The van der Waals surface area contributed by atoms with Crippen molar-refractivity contribution in [2.75, 3.05) is 7.11 Å². The van der Waals surface area contributed by atoms with Gasteiger partial charge in [0.15, 0.2) is 11.5 Å². The normalized spacial score (nSPS) is 11.8. The minimum Gasteiger partial charge on any atom is -0.503 e. The maximum atomic E-state index is 9.82. The Balaban J connectivity index is 0.00000289. The van der Waals surface area contributed by atoms with Crippen molar-refractivity contribution in [3.05, 3.63) is 20.6 Å². The van der Waals surface area contributed by atoms with Gasteiger partial charge >= 0.3 is 0 Å². The van der Waals surface area contributed by atoms with Crippen LogP contribution in [0.2, 0.25) is 0 Å². The quantitative estimate of drug-likeness (QED) is 0.759. The second-order valence-electron chi connectivity index (χ2n) is 3.89. The topological polar surface area (TPSA) is 55.5 Å². The van der Waals surface area contributed by atoms with Gasteiger partial charge in [0.1, 0.15) is 0 Å². The summed E-state index contributed by atoms with van der Waals surface area (Å²) in [6.45, 7) is 2.13. The van der Waals surface area contributed by atoms with Gasteiger partial charge in [-0.1, -0.05) is 19.8 Å². The Labute approximate surface area is 131 Å². The van der Waals surface area contributed by atoms with Crippen LogP contribution in [0.4, 0.5) is 0 Å². The van der Waals surface area contributed by atoms with Gasteiger partial charge in [0, 0.05) is 10.5 Å². The molecule has 0 heterocycles. The van der Waals surface area contributed by atoms with E-state index in [1.54, 1.807) is 6.07 Å². The van der Waals surface area contributed by atoms with Gasteiger partial charge in [-0.15, -0.1) is 12.4 Å². The smallest absolute Gasteiger partial charge is 0.173 e. The number of ether oxygens (including phenoxy) is 1. The minimum atomic E-state index is -0.0601. The van der Waals surface area contributed by atoms with Crippen LogP contribution in [-0.4, -0.2) is 12.2 Å². The van der Waals surface area contributed by atoms with E-state index < -0.39 is 0 Å². The zero-order chi connectivity index (χ0) is 13.0. The fourth-order valence-electron chi connectivity index (χ4n) is 1.62. The van der Waals surface area contributed by atoms with E-state index in [1.165, 1.54) is 7.11 Å². The second kappa shape index (κ2) is 8.25. The summed E-state index contributed by atoms with van der Waals surface area (Å²) < 4.78 is 6.49. The Morgan fingerprint density at radius 3 is 2.50 bits per heavy atom. The number of aromatic hydroxyl groups is 1. The summed E-state index contributed by atoms with van der Waals surface area (Å²) in [6.07, 6.45) is 3.10. The van der Waals surface area contributed by atoms with Gasteiger partial charge in [-0.2, -0.15) is 0 Å². The Kier molecular flexibility index (Phi) is 8.26. The number of halogens is 3. The molecular formula is C12H18Br2ClNO2. The van der Waals surface area contributed by atoms with E-state index in [9.17, 15) is 5.11 Å². The lowest BCUT2D eigenvalue weighted by molar-refractivity contribution is 0.370. The molecule has 1 aromatic rings. The monoisotopic (exact) mass is 401 g/mol. The Hall–Kier alpha value is 0.0300. The van der Waals surface area contributed by atoms with E-state index in [-0.39, 0.29) is 24.2 Å². The van der Waals surface area contributed by atoms with Gasteiger partial charge in [0.25, 0.3) is 0 Å². The first-order chi connectivity index (χ1) is 8.02. The average Bonchev–Trinajstić information content (AvgIpc) is 2.33. The third kappa shape index (κ3) is 4.02. The lowest BCUT2D eigenvalue weighted by atomic mass is 10.0. The molecule has 0 unspecified atom stereocenters. The molecule has 0 radical (unpaired) electrons. The highest BCUT2D eigenvalue weighted by Crippen LogP contribution is 2.43. The third-order valence-electron chi connectivity index (χ3n) is 2.66. The largest absolute Gasteiger partial charge is 0.503 e. The molecule has 0 spiro atoms. The number of nitrogens with two attached hydrogens (primary N) is 1. The molecule has 0 amide bonds. The summed E-state index contributed by atoms with van der Waals surface area (Å²) in [5.41, 5.74) is 7.08. The van der Waals surface area contributed by atoms with E-state index >= 15 is 0 Å². The standard InChI is InChI=1S/C12H17Br2NO2.ClH/c1-3-4-5-8(15)7-6-9(17-2)12(16)11(14)10(7)13;/h6,8,16H,3-5,15H2,1-2H3;1H/t8-;/m0./s1. The molecule has 0 aliphatic heterocycles. The lowest BCUT2D eigenvalue weighted by Crippen LogP contribution is -2.11. The summed E-state index contributed by atoms with van der Waals surface area (Å²) in [6, 6.07) is 1.72. The first-order valence-corrected chi connectivity index (χ1v) is 7.11.